The monoisotopic (exact) mass is 373 g/mol. The zero-order valence-corrected chi connectivity index (χ0v) is 13.4. The van der Waals surface area contributed by atoms with Crippen molar-refractivity contribution in [3.05, 3.63) is 56.8 Å². The molecule has 0 aliphatic carbocycles. The number of nitro groups is 1. The number of nitrogens with zero attached hydrogens (tertiary/aromatic N) is 2. The molecule has 9 heteroatoms. The van der Waals surface area contributed by atoms with Crippen molar-refractivity contribution in [1.82, 2.24) is 9.29 Å². The Morgan fingerprint density at radius 1 is 1.38 bits per heavy atom. The third-order valence-electron chi connectivity index (χ3n) is 2.76. The highest BCUT2D eigenvalue weighted by atomic mass is 79.9. The summed E-state index contributed by atoms with van der Waals surface area (Å²) in [6, 6.07) is 6.63. The quantitative estimate of drug-likeness (QED) is 0.639. The number of benzene rings is 1. The van der Waals surface area contributed by atoms with E-state index in [4.69, 9.17) is 0 Å². The Morgan fingerprint density at radius 3 is 2.71 bits per heavy atom. The summed E-state index contributed by atoms with van der Waals surface area (Å²) >= 11 is 3.19. The zero-order valence-electron chi connectivity index (χ0n) is 11.0. The fourth-order valence-corrected chi connectivity index (χ4v) is 4.09. The van der Waals surface area contributed by atoms with Gasteiger partial charge in [-0.25, -0.2) is 12.4 Å². The minimum Gasteiger partial charge on any atom is -0.316 e. The molecule has 21 heavy (non-hydrogen) atoms. The molecule has 0 saturated carbocycles. The van der Waals surface area contributed by atoms with Gasteiger partial charge in [0.15, 0.2) is 0 Å². The largest absolute Gasteiger partial charge is 0.316 e. The molecule has 1 heterocycles. The van der Waals surface area contributed by atoms with Crippen molar-refractivity contribution >= 4 is 31.6 Å². The van der Waals surface area contributed by atoms with Gasteiger partial charge < -0.3 is 5.32 Å². The Bertz CT molecular complexity index is 786. The van der Waals surface area contributed by atoms with Gasteiger partial charge in [-0.2, -0.15) is 0 Å². The average molecular weight is 374 g/mol. The fourth-order valence-electron chi connectivity index (χ4n) is 1.82. The summed E-state index contributed by atoms with van der Waals surface area (Å²) in [5.74, 6) is 0. The Morgan fingerprint density at radius 2 is 2.10 bits per heavy atom. The topological polar surface area (TPSA) is 94.2 Å². The van der Waals surface area contributed by atoms with Crippen molar-refractivity contribution < 1.29 is 13.3 Å². The molecule has 0 unspecified atom stereocenters. The Kier molecular flexibility index (Phi) is 4.45. The van der Waals surface area contributed by atoms with E-state index in [2.05, 4.69) is 21.2 Å². The second kappa shape index (κ2) is 5.96. The highest BCUT2D eigenvalue weighted by molar-refractivity contribution is 9.10. The molecule has 0 radical (unpaired) electrons. The van der Waals surface area contributed by atoms with Crippen LogP contribution in [0.25, 0.3) is 0 Å². The number of rotatable bonds is 5. The summed E-state index contributed by atoms with van der Waals surface area (Å²) in [5, 5.41) is 13.7. The first-order valence-corrected chi connectivity index (χ1v) is 8.11. The Labute approximate surface area is 129 Å². The Balaban J connectivity index is 2.51. The molecule has 0 aliphatic rings. The van der Waals surface area contributed by atoms with E-state index >= 15 is 0 Å². The number of nitrogens with one attached hydrogen (secondary N) is 1. The normalized spacial score (nSPS) is 11.5. The van der Waals surface area contributed by atoms with Crippen LogP contribution < -0.4 is 5.32 Å². The molecule has 112 valence electrons. The molecule has 1 aromatic carbocycles. The number of hydrogen-bond donors (Lipinski definition) is 1. The molecule has 0 amide bonds. The summed E-state index contributed by atoms with van der Waals surface area (Å²) in [7, 11) is -2.14. The lowest BCUT2D eigenvalue weighted by Crippen LogP contribution is -2.12. The second-order valence-electron chi connectivity index (χ2n) is 4.26. The van der Waals surface area contributed by atoms with E-state index < -0.39 is 14.9 Å². The summed E-state index contributed by atoms with van der Waals surface area (Å²) < 4.78 is 26.5. The number of non-ortho nitro benzene ring substituents is 1. The van der Waals surface area contributed by atoms with Gasteiger partial charge in [-0.3, -0.25) is 10.1 Å². The maximum absolute atomic E-state index is 12.5. The van der Waals surface area contributed by atoms with E-state index in [1.165, 1.54) is 24.4 Å². The summed E-state index contributed by atoms with van der Waals surface area (Å²) in [6.45, 7) is 0.510. The number of nitro benzene ring substituents is 1. The molecule has 0 aliphatic heterocycles. The van der Waals surface area contributed by atoms with Gasteiger partial charge in [0.1, 0.15) is 4.60 Å². The van der Waals surface area contributed by atoms with Crippen LogP contribution in [-0.4, -0.2) is 24.4 Å². The first-order valence-electron chi connectivity index (χ1n) is 5.87. The lowest BCUT2D eigenvalue weighted by Gasteiger charge is -2.07. The van der Waals surface area contributed by atoms with E-state index in [1.54, 1.807) is 13.1 Å². The van der Waals surface area contributed by atoms with Crippen LogP contribution in [0.4, 0.5) is 5.69 Å². The highest BCUT2D eigenvalue weighted by Gasteiger charge is 2.22. The molecule has 2 aromatic rings. The molecule has 0 fully saturated rings. The SMILES string of the molecule is CNCc1cc(Br)n(S(=O)(=O)c2cccc([N+](=O)[O-])c2)c1. The third kappa shape index (κ3) is 3.14. The molecule has 0 bridgehead atoms. The minimum atomic E-state index is -3.89. The number of aromatic nitrogens is 1. The van der Waals surface area contributed by atoms with Gasteiger partial charge in [-0.15, -0.1) is 0 Å². The molecule has 0 saturated heterocycles. The van der Waals surface area contributed by atoms with Gasteiger partial charge in [-0.1, -0.05) is 6.07 Å². The van der Waals surface area contributed by atoms with Crippen molar-refractivity contribution in [2.45, 2.75) is 11.4 Å². The van der Waals surface area contributed by atoms with Gasteiger partial charge in [0.25, 0.3) is 15.7 Å². The maximum Gasteiger partial charge on any atom is 0.270 e. The molecule has 1 aromatic heterocycles. The summed E-state index contributed by atoms with van der Waals surface area (Å²) in [6.07, 6.45) is 1.47. The van der Waals surface area contributed by atoms with Gasteiger partial charge in [0, 0.05) is 24.9 Å². The van der Waals surface area contributed by atoms with Crippen LogP contribution in [0, 0.1) is 10.1 Å². The highest BCUT2D eigenvalue weighted by Crippen LogP contribution is 2.24. The molecular formula is C12H12BrN3O4S. The van der Waals surface area contributed by atoms with Crippen LogP contribution in [0.5, 0.6) is 0 Å². The Hall–Kier alpha value is -1.71. The summed E-state index contributed by atoms with van der Waals surface area (Å²) in [4.78, 5) is 10.00. The third-order valence-corrected chi connectivity index (χ3v) is 5.28. The predicted molar refractivity (Wildman–Crippen MR) is 80.6 cm³/mol. The van der Waals surface area contributed by atoms with Gasteiger partial charge in [0.2, 0.25) is 0 Å². The van der Waals surface area contributed by atoms with Crippen LogP contribution >= 0.6 is 15.9 Å². The minimum absolute atomic E-state index is 0.135. The van der Waals surface area contributed by atoms with Gasteiger partial charge in [0.05, 0.1) is 9.82 Å². The van der Waals surface area contributed by atoms with Gasteiger partial charge >= 0.3 is 0 Å². The van der Waals surface area contributed by atoms with E-state index in [0.29, 0.717) is 11.1 Å². The maximum atomic E-state index is 12.5. The first-order chi connectivity index (χ1) is 9.86. The second-order valence-corrected chi connectivity index (χ2v) is 6.88. The predicted octanol–water partition coefficient (Wildman–Crippen LogP) is 2.12. The lowest BCUT2D eigenvalue weighted by atomic mass is 10.3. The molecule has 1 N–H and O–H groups in total. The van der Waals surface area contributed by atoms with Crippen molar-refractivity contribution in [3.63, 3.8) is 0 Å². The van der Waals surface area contributed by atoms with Gasteiger partial charge in [-0.05, 0) is 40.7 Å². The molecule has 2 rings (SSSR count). The van der Waals surface area contributed by atoms with Crippen molar-refractivity contribution in [1.29, 1.82) is 0 Å². The average Bonchev–Trinajstić information content (AvgIpc) is 2.81. The van der Waals surface area contributed by atoms with Crippen molar-refractivity contribution in [2.75, 3.05) is 7.05 Å². The van der Waals surface area contributed by atoms with Crippen molar-refractivity contribution in [3.8, 4) is 0 Å². The fraction of sp³-hybridized carbons (Fsp3) is 0.167. The van der Waals surface area contributed by atoms with Crippen LogP contribution in [0.1, 0.15) is 5.56 Å². The van der Waals surface area contributed by atoms with Crippen LogP contribution in [-0.2, 0) is 16.6 Å². The summed E-state index contributed by atoms with van der Waals surface area (Å²) in [5.41, 5.74) is 0.508. The number of halogens is 1. The van der Waals surface area contributed by atoms with E-state index in [0.717, 1.165) is 15.6 Å². The molecule has 0 atom stereocenters. The van der Waals surface area contributed by atoms with Crippen molar-refractivity contribution in [2.24, 2.45) is 0 Å². The first kappa shape index (κ1) is 15.7. The van der Waals surface area contributed by atoms with E-state index in [-0.39, 0.29) is 10.6 Å². The van der Waals surface area contributed by atoms with E-state index in [9.17, 15) is 18.5 Å². The molecule has 0 spiro atoms. The molecule has 7 nitrogen and oxygen atoms in total. The smallest absolute Gasteiger partial charge is 0.270 e. The number of hydrogen-bond acceptors (Lipinski definition) is 5. The zero-order chi connectivity index (χ0) is 15.6. The molecular weight excluding hydrogens is 362 g/mol. The lowest BCUT2D eigenvalue weighted by molar-refractivity contribution is -0.385. The van der Waals surface area contributed by atoms with Crippen LogP contribution in [0.2, 0.25) is 0 Å². The standard InChI is InChI=1S/C12H12BrN3O4S/c1-14-7-9-5-12(13)15(8-9)21(19,20)11-4-2-3-10(6-11)16(17)18/h2-6,8,14H,7H2,1H3. The van der Waals surface area contributed by atoms with E-state index in [1.807, 2.05) is 0 Å². The van der Waals surface area contributed by atoms with Crippen LogP contribution in [0.15, 0.2) is 46.0 Å². The van der Waals surface area contributed by atoms with Crippen LogP contribution in [0.3, 0.4) is 0 Å².